The third kappa shape index (κ3) is 8.34. The summed E-state index contributed by atoms with van der Waals surface area (Å²) in [7, 11) is 0. The fourth-order valence-electron chi connectivity index (χ4n) is 6.02. The third-order valence-corrected chi connectivity index (χ3v) is 7.23. The third-order valence-electron chi connectivity index (χ3n) is 7.23. The van der Waals surface area contributed by atoms with Gasteiger partial charge >= 0.3 is 0 Å². The van der Waals surface area contributed by atoms with E-state index < -0.39 is 35.1 Å². The largest absolute Gasteiger partial charge is 0.322 e. The first kappa shape index (κ1) is 29.5. The van der Waals surface area contributed by atoms with E-state index in [1.165, 1.54) is 32.1 Å². The average Bonchev–Trinajstić information content (AvgIpc) is 2.76. The van der Waals surface area contributed by atoms with Gasteiger partial charge in [-0.05, 0) is 43.9 Å². The number of hydrazine groups is 1. The fraction of sp³-hybridized carbons (Fsp3) is 0.880. The summed E-state index contributed by atoms with van der Waals surface area (Å²) in [5.41, 5.74) is 8.91. The lowest BCUT2D eigenvalue weighted by molar-refractivity contribution is -0.155. The number of hydroxylamine groups is 1. The van der Waals surface area contributed by atoms with Crippen molar-refractivity contribution in [1.82, 2.24) is 10.9 Å². The molecule has 0 heterocycles. The summed E-state index contributed by atoms with van der Waals surface area (Å²) in [5, 5.41) is 9.68. The highest BCUT2D eigenvalue weighted by molar-refractivity contribution is 5.97. The highest BCUT2D eigenvalue weighted by Gasteiger charge is 2.54. The Morgan fingerprint density at radius 2 is 1.61 bits per heavy atom. The van der Waals surface area contributed by atoms with E-state index in [0.29, 0.717) is 25.2 Å². The van der Waals surface area contributed by atoms with Crippen LogP contribution in [0.3, 0.4) is 0 Å². The first-order chi connectivity index (χ1) is 15.5. The molecule has 2 unspecified atom stereocenters. The molecule has 1 aliphatic carbocycles. The highest BCUT2D eigenvalue weighted by atomic mass is 16.5. The van der Waals surface area contributed by atoms with Crippen molar-refractivity contribution in [2.75, 3.05) is 0 Å². The Kier molecular flexibility index (Phi) is 12.5. The minimum Gasteiger partial charge on any atom is -0.322 e. The number of hydrogen-bond acceptors (Lipinski definition) is 6. The maximum Gasteiger partial charge on any atom is 0.248 e. The van der Waals surface area contributed by atoms with Gasteiger partial charge in [-0.1, -0.05) is 72.6 Å². The van der Waals surface area contributed by atoms with Gasteiger partial charge in [0, 0.05) is 5.41 Å². The number of hydrogen-bond donors (Lipinski definition) is 5. The molecule has 1 rings (SSSR count). The Morgan fingerprint density at radius 3 is 2.06 bits per heavy atom. The van der Waals surface area contributed by atoms with E-state index in [1.807, 2.05) is 27.7 Å². The minimum absolute atomic E-state index is 0.0747. The zero-order chi connectivity index (χ0) is 25.2. The summed E-state index contributed by atoms with van der Waals surface area (Å²) < 4.78 is 0. The number of amides is 2. The molecule has 0 aromatic heterocycles. The minimum atomic E-state index is -1.17. The number of carbonyl (C=O) groups excluding carboxylic acids is 3. The van der Waals surface area contributed by atoms with Crippen LogP contribution < -0.4 is 22.5 Å². The highest BCUT2D eigenvalue weighted by Crippen LogP contribution is 2.47. The van der Waals surface area contributed by atoms with Crippen LogP contribution in [0.25, 0.3) is 0 Å². The Labute approximate surface area is 199 Å². The van der Waals surface area contributed by atoms with Crippen molar-refractivity contribution < 1.29 is 19.6 Å². The summed E-state index contributed by atoms with van der Waals surface area (Å²) in [6.07, 6.45) is 9.12. The van der Waals surface area contributed by atoms with Gasteiger partial charge in [-0.2, -0.15) is 0 Å². The summed E-state index contributed by atoms with van der Waals surface area (Å²) >= 11 is 0. The van der Waals surface area contributed by atoms with Crippen molar-refractivity contribution in [2.45, 2.75) is 105 Å². The van der Waals surface area contributed by atoms with E-state index in [2.05, 4.69) is 5.43 Å². The topological polar surface area (TPSA) is 148 Å². The van der Waals surface area contributed by atoms with Crippen LogP contribution in [0.2, 0.25) is 0 Å². The number of ketones is 1. The molecule has 1 saturated carbocycles. The van der Waals surface area contributed by atoms with Crippen LogP contribution in [0.4, 0.5) is 0 Å². The Bertz CT molecular complexity index is 632. The predicted octanol–water partition coefficient (Wildman–Crippen LogP) is 3.46. The van der Waals surface area contributed by atoms with Crippen LogP contribution in [0, 0.1) is 35.0 Å². The quantitative estimate of drug-likeness (QED) is 0.114. The molecular weight excluding hydrogens is 420 g/mol. The first-order valence-corrected chi connectivity index (χ1v) is 12.7. The lowest BCUT2D eigenvalue weighted by Gasteiger charge is -2.44. The van der Waals surface area contributed by atoms with Gasteiger partial charge in [-0.15, -0.1) is 0 Å². The van der Waals surface area contributed by atoms with E-state index >= 15 is 0 Å². The first-order valence-electron chi connectivity index (χ1n) is 12.7. The van der Waals surface area contributed by atoms with Gasteiger partial charge in [0.25, 0.3) is 0 Å². The second-order valence-corrected chi connectivity index (χ2v) is 11.0. The number of nitrogens with one attached hydrogen (secondary N) is 2. The van der Waals surface area contributed by atoms with E-state index in [4.69, 9.17) is 11.6 Å². The molecule has 4 atom stereocenters. The molecule has 0 bridgehead atoms. The Morgan fingerprint density at radius 1 is 1.00 bits per heavy atom. The molecule has 192 valence electrons. The smallest absolute Gasteiger partial charge is 0.248 e. The van der Waals surface area contributed by atoms with E-state index in [0.717, 1.165) is 12.8 Å². The summed E-state index contributed by atoms with van der Waals surface area (Å²) in [6, 6.07) is -0.798. The van der Waals surface area contributed by atoms with Crippen molar-refractivity contribution >= 4 is 17.6 Å². The van der Waals surface area contributed by atoms with Crippen molar-refractivity contribution in [3.8, 4) is 0 Å². The zero-order valence-electron chi connectivity index (χ0n) is 21.4. The molecule has 0 aliphatic heterocycles. The molecule has 0 spiro atoms. The molecule has 1 fully saturated rings. The molecule has 8 heteroatoms. The molecule has 8 nitrogen and oxygen atoms in total. The molecule has 33 heavy (non-hydrogen) atoms. The van der Waals surface area contributed by atoms with E-state index in [-0.39, 0.29) is 17.6 Å². The molecule has 1 aliphatic rings. The standard InChI is InChI=1S/C25H48N4O4/c1-16(2)14-20(23(31)28-27)21(24(32)29-33)25(15-17(3)4,22(30)18(5)26)13-9-12-19-10-7-6-8-11-19/h16-21,33H,6-15,26-27H2,1-5H3,(H,28,31)(H,29,32)/t18-,20-,21?,25?/m1/s1. The second kappa shape index (κ2) is 14.0. The maximum atomic E-state index is 13.8. The van der Waals surface area contributed by atoms with Crippen LogP contribution in [0.15, 0.2) is 0 Å². The Balaban J connectivity index is 3.51. The Hall–Kier alpha value is -1.51. The van der Waals surface area contributed by atoms with E-state index in [1.54, 1.807) is 12.4 Å². The molecule has 0 saturated heterocycles. The van der Waals surface area contributed by atoms with Gasteiger partial charge in [0.1, 0.15) is 0 Å². The van der Waals surface area contributed by atoms with Gasteiger partial charge in [0.2, 0.25) is 11.8 Å². The number of carbonyl (C=O) groups is 3. The van der Waals surface area contributed by atoms with Crippen LogP contribution in [0.5, 0.6) is 0 Å². The van der Waals surface area contributed by atoms with Crippen molar-refractivity contribution in [1.29, 1.82) is 0 Å². The summed E-state index contributed by atoms with van der Waals surface area (Å²) in [5.74, 6) is 2.90. The van der Waals surface area contributed by atoms with Gasteiger partial charge in [0.05, 0.1) is 17.9 Å². The maximum absolute atomic E-state index is 13.8. The normalized spacial score (nSPS) is 19.6. The van der Waals surface area contributed by atoms with E-state index in [9.17, 15) is 19.6 Å². The predicted molar refractivity (Wildman–Crippen MR) is 130 cm³/mol. The summed E-state index contributed by atoms with van der Waals surface area (Å²) in [6.45, 7) is 9.53. The lowest BCUT2D eigenvalue weighted by Crippen LogP contribution is -2.57. The van der Waals surface area contributed by atoms with Crippen LogP contribution in [0.1, 0.15) is 98.8 Å². The van der Waals surface area contributed by atoms with Gasteiger partial charge in [-0.3, -0.25) is 25.0 Å². The molecule has 7 N–H and O–H groups in total. The number of nitrogens with two attached hydrogens (primary N) is 2. The fourth-order valence-corrected chi connectivity index (χ4v) is 6.02. The van der Waals surface area contributed by atoms with Gasteiger partial charge in [-0.25, -0.2) is 11.3 Å². The molecule has 0 radical (unpaired) electrons. The van der Waals surface area contributed by atoms with Crippen molar-refractivity contribution in [3.63, 3.8) is 0 Å². The van der Waals surface area contributed by atoms with Crippen molar-refractivity contribution in [2.24, 2.45) is 46.6 Å². The monoisotopic (exact) mass is 468 g/mol. The van der Waals surface area contributed by atoms with Gasteiger partial charge in [0.15, 0.2) is 5.78 Å². The SMILES string of the molecule is CC(C)C[C@@H](C(=O)NN)C(C(=O)NO)C(CCCC1CCCCC1)(CC(C)C)C(=O)[C@@H](C)N. The molecule has 2 amide bonds. The van der Waals surface area contributed by atoms with Crippen LogP contribution in [-0.2, 0) is 14.4 Å². The van der Waals surface area contributed by atoms with Crippen LogP contribution in [-0.4, -0.2) is 28.8 Å². The lowest BCUT2D eigenvalue weighted by atomic mass is 9.58. The zero-order valence-corrected chi connectivity index (χ0v) is 21.4. The second-order valence-electron chi connectivity index (χ2n) is 11.0. The molecule has 0 aromatic rings. The number of Topliss-reactive ketones (excluding diaryl/α,β-unsaturated/α-hetero) is 1. The molecular formula is C25H48N4O4. The summed E-state index contributed by atoms with van der Waals surface area (Å²) in [4.78, 5) is 39.9. The number of rotatable bonds is 14. The average molecular weight is 469 g/mol. The molecule has 0 aromatic carbocycles. The van der Waals surface area contributed by atoms with Gasteiger partial charge < -0.3 is 5.73 Å². The van der Waals surface area contributed by atoms with Crippen LogP contribution >= 0.6 is 0 Å². The van der Waals surface area contributed by atoms with Crippen molar-refractivity contribution in [3.05, 3.63) is 0 Å².